The zero-order valence-electron chi connectivity index (χ0n) is 18.1. The lowest BCUT2D eigenvalue weighted by atomic mass is 10.0. The van der Waals surface area contributed by atoms with E-state index in [2.05, 4.69) is 15.2 Å². The second kappa shape index (κ2) is 9.22. The van der Waals surface area contributed by atoms with Gasteiger partial charge in [0, 0.05) is 71.2 Å². The maximum atomic E-state index is 12.3. The first kappa shape index (κ1) is 22.2. The summed E-state index contributed by atoms with van der Waals surface area (Å²) < 4.78 is 0. The number of aliphatic carboxylic acids is 1. The van der Waals surface area contributed by atoms with E-state index in [1.807, 2.05) is 61.2 Å². The van der Waals surface area contributed by atoms with Crippen LogP contribution >= 0.6 is 11.6 Å². The summed E-state index contributed by atoms with van der Waals surface area (Å²) in [6.07, 6.45) is 1.76. The number of carboxylic acid groups (broad SMARTS) is 1. The van der Waals surface area contributed by atoms with Crippen molar-refractivity contribution in [1.82, 2.24) is 9.88 Å². The van der Waals surface area contributed by atoms with Gasteiger partial charge in [-0.2, -0.15) is 0 Å². The van der Waals surface area contributed by atoms with Crippen molar-refractivity contribution in [2.75, 3.05) is 36.4 Å². The van der Waals surface area contributed by atoms with E-state index in [-0.39, 0.29) is 11.8 Å². The van der Waals surface area contributed by atoms with Gasteiger partial charge in [0.1, 0.15) is 6.04 Å². The van der Waals surface area contributed by atoms with Crippen molar-refractivity contribution >= 4 is 45.8 Å². The van der Waals surface area contributed by atoms with Crippen molar-refractivity contribution in [3.8, 4) is 0 Å². The zero-order chi connectivity index (χ0) is 22.8. The molecule has 1 amide bonds. The Labute approximate surface area is 192 Å². The maximum Gasteiger partial charge on any atom is 0.325 e. The largest absolute Gasteiger partial charge is 0.480 e. The lowest BCUT2D eigenvalue weighted by Crippen LogP contribution is -2.49. The molecule has 168 valence electrons. The van der Waals surface area contributed by atoms with Crippen LogP contribution in [0.5, 0.6) is 0 Å². The number of piperazine rings is 1. The summed E-state index contributed by atoms with van der Waals surface area (Å²) in [4.78, 5) is 31.8. The van der Waals surface area contributed by atoms with E-state index in [1.54, 1.807) is 6.20 Å². The molecule has 1 aliphatic heterocycles. The molecule has 0 saturated carbocycles. The maximum absolute atomic E-state index is 12.3. The van der Waals surface area contributed by atoms with Crippen LogP contribution in [0, 0.1) is 5.92 Å². The number of hydrogen-bond donors (Lipinski definition) is 3. The van der Waals surface area contributed by atoms with Crippen LogP contribution in [0.3, 0.4) is 0 Å². The standard InChI is InChI=1S/C24H27ClN4O3/c1-15(2)23(30)27-17-6-7-21-19(13-17)20(14-26-21)22(24(31)32)29-10-8-28(9-11-29)18-5-3-4-16(25)12-18/h3-7,12-15,22,26H,8-11H2,1-2H3,(H,27,30)(H,31,32)/t22-/m0/s1. The minimum atomic E-state index is -0.890. The van der Waals surface area contributed by atoms with Crippen LogP contribution < -0.4 is 10.2 Å². The Balaban J connectivity index is 1.56. The molecule has 0 unspecified atom stereocenters. The van der Waals surface area contributed by atoms with Gasteiger partial charge >= 0.3 is 5.97 Å². The van der Waals surface area contributed by atoms with Gasteiger partial charge in [-0.3, -0.25) is 14.5 Å². The summed E-state index contributed by atoms with van der Waals surface area (Å²) in [5, 5.41) is 14.5. The third-order valence-electron chi connectivity index (χ3n) is 5.89. The minimum absolute atomic E-state index is 0.0756. The van der Waals surface area contributed by atoms with Gasteiger partial charge in [0.25, 0.3) is 0 Å². The van der Waals surface area contributed by atoms with Crippen molar-refractivity contribution in [2.45, 2.75) is 19.9 Å². The van der Waals surface area contributed by atoms with E-state index >= 15 is 0 Å². The SMILES string of the molecule is CC(C)C(=O)Nc1ccc2[nH]cc([C@@H](C(=O)O)N3CCN(c4cccc(Cl)c4)CC3)c2c1. The molecule has 2 heterocycles. The van der Waals surface area contributed by atoms with Crippen LogP contribution in [-0.2, 0) is 9.59 Å². The normalized spacial score (nSPS) is 15.8. The summed E-state index contributed by atoms with van der Waals surface area (Å²) in [7, 11) is 0. The Kier molecular flexibility index (Phi) is 6.39. The molecule has 1 atom stereocenters. The Morgan fingerprint density at radius 3 is 2.50 bits per heavy atom. The van der Waals surface area contributed by atoms with Crippen LogP contribution in [0.1, 0.15) is 25.5 Å². The highest BCUT2D eigenvalue weighted by molar-refractivity contribution is 6.30. The first-order chi connectivity index (χ1) is 15.3. The van der Waals surface area contributed by atoms with Crippen molar-refractivity contribution in [1.29, 1.82) is 0 Å². The molecule has 3 aromatic rings. The molecule has 0 spiro atoms. The molecule has 1 aromatic heterocycles. The monoisotopic (exact) mass is 454 g/mol. The molecular formula is C24H27ClN4O3. The lowest BCUT2D eigenvalue weighted by molar-refractivity contribution is -0.143. The molecule has 0 bridgehead atoms. The predicted molar refractivity (Wildman–Crippen MR) is 127 cm³/mol. The van der Waals surface area contributed by atoms with Crippen LogP contribution in [0.25, 0.3) is 10.9 Å². The van der Waals surface area contributed by atoms with E-state index in [1.165, 1.54) is 0 Å². The highest BCUT2D eigenvalue weighted by Crippen LogP contribution is 2.32. The Bertz CT molecular complexity index is 1140. The molecular weight excluding hydrogens is 428 g/mol. The van der Waals surface area contributed by atoms with Gasteiger partial charge in [-0.15, -0.1) is 0 Å². The van der Waals surface area contributed by atoms with Gasteiger partial charge in [0.2, 0.25) is 5.91 Å². The van der Waals surface area contributed by atoms with Gasteiger partial charge < -0.3 is 20.3 Å². The van der Waals surface area contributed by atoms with E-state index < -0.39 is 12.0 Å². The molecule has 7 nitrogen and oxygen atoms in total. The zero-order valence-corrected chi connectivity index (χ0v) is 18.9. The number of amides is 1. The number of nitrogens with one attached hydrogen (secondary N) is 2. The van der Waals surface area contributed by atoms with Gasteiger partial charge in [0.05, 0.1) is 0 Å². The van der Waals surface area contributed by atoms with E-state index in [9.17, 15) is 14.7 Å². The number of aromatic nitrogens is 1. The van der Waals surface area contributed by atoms with Crippen LogP contribution in [-0.4, -0.2) is 53.0 Å². The predicted octanol–water partition coefficient (Wildman–Crippen LogP) is 4.36. The molecule has 0 aliphatic carbocycles. The smallest absolute Gasteiger partial charge is 0.325 e. The number of fused-ring (bicyclic) bond motifs is 1. The molecule has 1 fully saturated rings. The number of hydrogen-bond acceptors (Lipinski definition) is 4. The van der Waals surface area contributed by atoms with Crippen molar-refractivity contribution in [3.05, 3.63) is 59.2 Å². The number of halogens is 1. The first-order valence-electron chi connectivity index (χ1n) is 10.7. The number of carbonyl (C=O) groups is 2. The summed E-state index contributed by atoms with van der Waals surface area (Å²) >= 11 is 6.12. The van der Waals surface area contributed by atoms with E-state index in [4.69, 9.17) is 11.6 Å². The highest BCUT2D eigenvalue weighted by Gasteiger charge is 2.32. The molecule has 4 rings (SSSR count). The molecule has 1 saturated heterocycles. The molecule has 0 radical (unpaired) electrons. The van der Waals surface area contributed by atoms with Crippen LogP contribution in [0.15, 0.2) is 48.7 Å². The van der Waals surface area contributed by atoms with E-state index in [0.29, 0.717) is 42.5 Å². The molecule has 8 heteroatoms. The third kappa shape index (κ3) is 4.59. The fourth-order valence-electron chi connectivity index (χ4n) is 4.13. The van der Waals surface area contributed by atoms with Gasteiger partial charge in [-0.05, 0) is 36.4 Å². The topological polar surface area (TPSA) is 88.7 Å². The second-order valence-corrected chi connectivity index (χ2v) is 8.83. The fraction of sp³-hybridized carbons (Fsp3) is 0.333. The quantitative estimate of drug-likeness (QED) is 0.515. The average molecular weight is 455 g/mol. The summed E-state index contributed by atoms with van der Waals surface area (Å²) in [5.74, 6) is -1.11. The molecule has 2 aromatic carbocycles. The summed E-state index contributed by atoms with van der Waals surface area (Å²) in [6, 6.07) is 12.5. The number of H-pyrrole nitrogens is 1. The van der Waals surface area contributed by atoms with Crippen LogP contribution in [0.4, 0.5) is 11.4 Å². The average Bonchev–Trinajstić information content (AvgIpc) is 3.17. The number of carbonyl (C=O) groups excluding carboxylic acids is 1. The number of benzene rings is 2. The van der Waals surface area contributed by atoms with Crippen molar-refractivity contribution < 1.29 is 14.7 Å². The van der Waals surface area contributed by atoms with Gasteiger partial charge in [-0.25, -0.2) is 0 Å². The fourth-order valence-corrected chi connectivity index (χ4v) is 4.31. The number of nitrogens with zero attached hydrogens (tertiary/aromatic N) is 2. The third-order valence-corrected chi connectivity index (χ3v) is 6.12. The number of aromatic amines is 1. The highest BCUT2D eigenvalue weighted by atomic mass is 35.5. The van der Waals surface area contributed by atoms with Crippen LogP contribution in [0.2, 0.25) is 5.02 Å². The second-order valence-electron chi connectivity index (χ2n) is 8.39. The lowest BCUT2D eigenvalue weighted by Gasteiger charge is -2.38. The summed E-state index contributed by atoms with van der Waals surface area (Å²) in [5.41, 5.74) is 3.24. The number of rotatable bonds is 6. The van der Waals surface area contributed by atoms with Gasteiger partial charge in [-0.1, -0.05) is 31.5 Å². The van der Waals surface area contributed by atoms with Crippen molar-refractivity contribution in [3.63, 3.8) is 0 Å². The van der Waals surface area contributed by atoms with E-state index in [0.717, 1.165) is 16.6 Å². The first-order valence-corrected chi connectivity index (χ1v) is 11.1. The minimum Gasteiger partial charge on any atom is -0.480 e. The number of anilines is 2. The van der Waals surface area contributed by atoms with Gasteiger partial charge in [0.15, 0.2) is 0 Å². The number of carboxylic acids is 1. The molecule has 32 heavy (non-hydrogen) atoms. The Morgan fingerprint density at radius 2 is 1.84 bits per heavy atom. The molecule has 3 N–H and O–H groups in total. The summed E-state index contributed by atoms with van der Waals surface area (Å²) in [6.45, 7) is 6.31. The Morgan fingerprint density at radius 1 is 1.09 bits per heavy atom. The molecule has 1 aliphatic rings. The van der Waals surface area contributed by atoms with Crippen molar-refractivity contribution in [2.24, 2.45) is 5.92 Å². The Hall–Kier alpha value is -3.03.